The Morgan fingerprint density at radius 1 is 1.45 bits per heavy atom. The fraction of sp³-hybridized carbons (Fsp3) is 0.500. The standard InChI is InChI=1S/C14H19ClN4O/c1-8(2)17-11(20)7-19-13(10(4)15)18-12-9(3)5-6-16-14(12)19/h5-6,8,10H,7H2,1-4H3,(H,17,20). The van der Waals surface area contributed by atoms with Crippen molar-refractivity contribution >= 4 is 28.7 Å². The van der Waals surface area contributed by atoms with E-state index in [4.69, 9.17) is 11.6 Å². The van der Waals surface area contributed by atoms with Crippen molar-refractivity contribution in [2.45, 2.75) is 45.7 Å². The highest BCUT2D eigenvalue weighted by molar-refractivity contribution is 6.20. The molecule has 2 heterocycles. The average Bonchev–Trinajstić information content (AvgIpc) is 2.69. The molecular weight excluding hydrogens is 276 g/mol. The Kier molecular flexibility index (Phi) is 4.28. The lowest BCUT2D eigenvalue weighted by atomic mass is 10.3. The highest BCUT2D eigenvalue weighted by Crippen LogP contribution is 2.24. The third-order valence-corrected chi connectivity index (χ3v) is 3.17. The van der Waals surface area contributed by atoms with Crippen LogP contribution in [0.5, 0.6) is 0 Å². The highest BCUT2D eigenvalue weighted by Gasteiger charge is 2.19. The molecule has 1 N–H and O–H groups in total. The first-order chi connectivity index (χ1) is 9.40. The average molecular weight is 295 g/mol. The van der Waals surface area contributed by atoms with Gasteiger partial charge >= 0.3 is 0 Å². The van der Waals surface area contributed by atoms with Crippen LogP contribution in [0.3, 0.4) is 0 Å². The van der Waals surface area contributed by atoms with Gasteiger partial charge in [0.05, 0.1) is 5.38 Å². The Hall–Kier alpha value is -1.62. The van der Waals surface area contributed by atoms with E-state index >= 15 is 0 Å². The van der Waals surface area contributed by atoms with Crippen molar-refractivity contribution in [2.75, 3.05) is 0 Å². The number of pyridine rings is 1. The van der Waals surface area contributed by atoms with Gasteiger partial charge in [-0.2, -0.15) is 0 Å². The Labute approximate surface area is 123 Å². The van der Waals surface area contributed by atoms with Crippen LogP contribution in [-0.2, 0) is 11.3 Å². The van der Waals surface area contributed by atoms with Crippen LogP contribution in [0.15, 0.2) is 12.3 Å². The van der Waals surface area contributed by atoms with Gasteiger partial charge in [-0.25, -0.2) is 9.97 Å². The second kappa shape index (κ2) is 5.79. The molecule has 2 aromatic rings. The number of fused-ring (bicyclic) bond motifs is 1. The minimum atomic E-state index is -0.282. The van der Waals surface area contributed by atoms with Crippen LogP contribution >= 0.6 is 11.6 Å². The lowest BCUT2D eigenvalue weighted by Gasteiger charge is -2.12. The summed E-state index contributed by atoms with van der Waals surface area (Å²) in [6, 6.07) is 2.00. The number of carbonyl (C=O) groups is 1. The highest BCUT2D eigenvalue weighted by atomic mass is 35.5. The monoisotopic (exact) mass is 294 g/mol. The second-order valence-corrected chi connectivity index (χ2v) is 5.85. The molecule has 0 saturated carbocycles. The Morgan fingerprint density at radius 3 is 2.75 bits per heavy atom. The molecule has 5 nitrogen and oxygen atoms in total. The van der Waals surface area contributed by atoms with E-state index in [0.717, 1.165) is 11.1 Å². The van der Waals surface area contributed by atoms with Crippen molar-refractivity contribution in [3.8, 4) is 0 Å². The molecule has 20 heavy (non-hydrogen) atoms. The number of alkyl halides is 1. The normalized spacial score (nSPS) is 12.9. The number of amides is 1. The molecule has 0 bridgehead atoms. The summed E-state index contributed by atoms with van der Waals surface area (Å²) >= 11 is 6.18. The molecule has 0 fully saturated rings. The van der Waals surface area contributed by atoms with E-state index in [2.05, 4.69) is 15.3 Å². The van der Waals surface area contributed by atoms with Gasteiger partial charge in [0.1, 0.15) is 17.9 Å². The molecule has 2 rings (SSSR count). The van der Waals surface area contributed by atoms with Crippen LogP contribution in [0.1, 0.15) is 37.5 Å². The van der Waals surface area contributed by atoms with Crippen LogP contribution in [0.25, 0.3) is 11.2 Å². The summed E-state index contributed by atoms with van der Waals surface area (Å²) in [5.41, 5.74) is 2.52. The number of rotatable bonds is 4. The lowest BCUT2D eigenvalue weighted by molar-refractivity contribution is -0.122. The SMILES string of the molecule is Cc1ccnc2c1nc(C(C)Cl)n2CC(=O)NC(C)C. The fourth-order valence-corrected chi connectivity index (χ4v) is 2.29. The number of aromatic nitrogens is 3. The lowest BCUT2D eigenvalue weighted by Crippen LogP contribution is -2.33. The summed E-state index contributed by atoms with van der Waals surface area (Å²) in [5.74, 6) is 0.601. The first-order valence-corrected chi connectivity index (χ1v) is 7.09. The maximum absolute atomic E-state index is 12.0. The minimum Gasteiger partial charge on any atom is -0.352 e. The maximum atomic E-state index is 12.0. The number of aryl methyl sites for hydroxylation is 1. The van der Waals surface area contributed by atoms with Crippen LogP contribution in [0.4, 0.5) is 0 Å². The van der Waals surface area contributed by atoms with Gasteiger partial charge in [-0.05, 0) is 39.3 Å². The largest absolute Gasteiger partial charge is 0.352 e. The molecular formula is C14H19ClN4O. The van der Waals surface area contributed by atoms with Crippen molar-refractivity contribution < 1.29 is 4.79 Å². The summed E-state index contributed by atoms with van der Waals surface area (Å²) < 4.78 is 1.79. The van der Waals surface area contributed by atoms with Crippen LogP contribution in [-0.4, -0.2) is 26.5 Å². The molecule has 0 aliphatic heterocycles. The van der Waals surface area contributed by atoms with Gasteiger partial charge in [0.2, 0.25) is 5.91 Å². The van der Waals surface area contributed by atoms with Gasteiger partial charge < -0.3 is 9.88 Å². The first-order valence-electron chi connectivity index (χ1n) is 6.65. The summed E-state index contributed by atoms with van der Waals surface area (Å²) in [6.07, 6.45) is 1.72. The van der Waals surface area contributed by atoms with Crippen LogP contribution in [0, 0.1) is 6.92 Å². The predicted octanol–water partition coefficient (Wildman–Crippen LogP) is 2.56. The maximum Gasteiger partial charge on any atom is 0.240 e. The first kappa shape index (κ1) is 14.8. The summed E-state index contributed by atoms with van der Waals surface area (Å²) in [6.45, 7) is 7.85. The zero-order chi connectivity index (χ0) is 14.9. The van der Waals surface area contributed by atoms with Crippen molar-refractivity contribution in [3.63, 3.8) is 0 Å². The number of hydrogen-bond acceptors (Lipinski definition) is 3. The number of halogens is 1. The number of nitrogens with zero attached hydrogens (tertiary/aromatic N) is 3. The van der Waals surface area contributed by atoms with E-state index in [1.807, 2.05) is 33.8 Å². The molecule has 1 unspecified atom stereocenters. The molecule has 6 heteroatoms. The molecule has 1 amide bonds. The van der Waals surface area contributed by atoms with Crippen LogP contribution in [0.2, 0.25) is 0 Å². The Morgan fingerprint density at radius 2 is 2.15 bits per heavy atom. The number of carbonyl (C=O) groups excluding carboxylic acids is 1. The van der Waals surface area contributed by atoms with E-state index in [1.54, 1.807) is 10.8 Å². The second-order valence-electron chi connectivity index (χ2n) is 5.19. The van der Waals surface area contributed by atoms with Gasteiger partial charge in [0, 0.05) is 12.2 Å². The number of imidazole rings is 1. The van der Waals surface area contributed by atoms with Crippen LogP contribution < -0.4 is 5.32 Å². The molecule has 1 atom stereocenters. The Bertz CT molecular complexity index is 633. The molecule has 0 saturated heterocycles. The van der Waals surface area contributed by atoms with Crippen molar-refractivity contribution in [1.29, 1.82) is 0 Å². The molecule has 0 aliphatic rings. The van der Waals surface area contributed by atoms with Crippen molar-refractivity contribution in [3.05, 3.63) is 23.7 Å². The summed E-state index contributed by atoms with van der Waals surface area (Å²) in [7, 11) is 0. The zero-order valence-corrected chi connectivity index (χ0v) is 12.9. The van der Waals surface area contributed by atoms with Gasteiger partial charge in [0.25, 0.3) is 0 Å². The van der Waals surface area contributed by atoms with Gasteiger partial charge in [-0.3, -0.25) is 4.79 Å². The molecule has 108 valence electrons. The van der Waals surface area contributed by atoms with Gasteiger partial charge in [0.15, 0.2) is 5.65 Å². The fourth-order valence-electron chi connectivity index (χ4n) is 2.13. The number of nitrogens with one attached hydrogen (secondary N) is 1. The van der Waals surface area contributed by atoms with E-state index in [0.29, 0.717) is 11.5 Å². The van der Waals surface area contributed by atoms with Gasteiger partial charge in [-0.15, -0.1) is 11.6 Å². The summed E-state index contributed by atoms with van der Waals surface area (Å²) in [5, 5.41) is 2.59. The van der Waals surface area contributed by atoms with E-state index in [9.17, 15) is 4.79 Å². The molecule has 0 spiro atoms. The predicted molar refractivity (Wildman–Crippen MR) is 79.8 cm³/mol. The zero-order valence-electron chi connectivity index (χ0n) is 12.1. The quantitative estimate of drug-likeness (QED) is 0.882. The van der Waals surface area contributed by atoms with Crippen molar-refractivity contribution in [1.82, 2.24) is 19.9 Å². The van der Waals surface area contributed by atoms with E-state index < -0.39 is 0 Å². The Balaban J connectivity index is 2.47. The minimum absolute atomic E-state index is 0.0684. The molecule has 0 radical (unpaired) electrons. The van der Waals surface area contributed by atoms with Crippen molar-refractivity contribution in [2.24, 2.45) is 0 Å². The topological polar surface area (TPSA) is 59.8 Å². The smallest absolute Gasteiger partial charge is 0.240 e. The van der Waals surface area contributed by atoms with Gasteiger partial charge in [-0.1, -0.05) is 0 Å². The van der Waals surface area contributed by atoms with E-state index in [-0.39, 0.29) is 23.9 Å². The molecule has 0 aliphatic carbocycles. The third kappa shape index (κ3) is 2.93. The van der Waals surface area contributed by atoms with E-state index in [1.165, 1.54) is 0 Å². The summed E-state index contributed by atoms with van der Waals surface area (Å²) in [4.78, 5) is 20.9. The third-order valence-electron chi connectivity index (χ3n) is 2.97. The molecule has 2 aromatic heterocycles. The molecule has 0 aromatic carbocycles. The number of hydrogen-bond donors (Lipinski definition) is 1.